The third-order valence-electron chi connectivity index (χ3n) is 1.66. The Morgan fingerprint density at radius 2 is 2.12 bits per heavy atom. The normalized spacial score (nSPS) is 13.3. The standard InChI is InChI=1S/C8H14N4O5/c1-4(9)7(14)12-5(8(15)16)3-17-6(13)2-11-10/h4-5,11H,2-3,9H2,1H3,(H,12,14)(H,15,16). The van der Waals surface area contributed by atoms with Gasteiger partial charge in [-0.3, -0.25) is 4.79 Å². The van der Waals surface area contributed by atoms with Crippen LogP contribution < -0.4 is 16.2 Å². The van der Waals surface area contributed by atoms with Crippen molar-refractivity contribution in [2.24, 2.45) is 5.73 Å². The summed E-state index contributed by atoms with van der Waals surface area (Å²) in [6.45, 7) is 0.359. The van der Waals surface area contributed by atoms with Crippen LogP contribution in [0.4, 0.5) is 0 Å². The molecule has 0 radical (unpaired) electrons. The molecule has 0 saturated heterocycles. The van der Waals surface area contributed by atoms with Gasteiger partial charge in [-0.2, -0.15) is 0 Å². The van der Waals surface area contributed by atoms with Gasteiger partial charge in [0.15, 0.2) is 6.04 Å². The van der Waals surface area contributed by atoms with Crippen molar-refractivity contribution in [2.45, 2.75) is 19.0 Å². The molecule has 0 bridgehead atoms. The molecular weight excluding hydrogens is 232 g/mol. The summed E-state index contributed by atoms with van der Waals surface area (Å²) in [6, 6.07) is -2.25. The van der Waals surface area contributed by atoms with Crippen molar-refractivity contribution in [3.63, 3.8) is 0 Å². The summed E-state index contributed by atoms with van der Waals surface area (Å²) in [5.41, 5.74) is 13.4. The van der Waals surface area contributed by atoms with Crippen molar-refractivity contribution in [1.82, 2.24) is 5.32 Å². The van der Waals surface area contributed by atoms with E-state index in [0.717, 1.165) is 0 Å². The number of rotatable bonds is 7. The van der Waals surface area contributed by atoms with E-state index in [4.69, 9.17) is 16.4 Å². The van der Waals surface area contributed by atoms with E-state index in [1.807, 2.05) is 0 Å². The maximum atomic E-state index is 11.1. The summed E-state index contributed by atoms with van der Waals surface area (Å²) in [5.74, 6) is -2.88. The van der Waals surface area contributed by atoms with Crippen LogP contribution in [0, 0.1) is 0 Å². The zero-order valence-corrected chi connectivity index (χ0v) is 9.17. The third-order valence-corrected chi connectivity index (χ3v) is 1.66. The number of carbonyl (C=O) groups is 3. The topological polar surface area (TPSA) is 155 Å². The Kier molecular flexibility index (Phi) is 6.41. The minimum absolute atomic E-state index is 0.479. The molecule has 0 heterocycles. The molecule has 0 aromatic heterocycles. The number of esters is 1. The van der Waals surface area contributed by atoms with Gasteiger partial charge >= 0.3 is 11.9 Å². The van der Waals surface area contributed by atoms with Gasteiger partial charge in [-0.25, -0.2) is 9.59 Å². The van der Waals surface area contributed by atoms with Crippen molar-refractivity contribution in [2.75, 3.05) is 13.2 Å². The van der Waals surface area contributed by atoms with Crippen LogP contribution in [0.3, 0.4) is 0 Å². The molecule has 0 spiro atoms. The van der Waals surface area contributed by atoms with Gasteiger partial charge in [-0.15, -0.1) is 0 Å². The van der Waals surface area contributed by atoms with Crippen LogP contribution in [-0.4, -0.2) is 48.2 Å². The van der Waals surface area contributed by atoms with E-state index in [-0.39, 0.29) is 0 Å². The number of nitrogens with one attached hydrogen (secondary N) is 2. The van der Waals surface area contributed by atoms with Crippen molar-refractivity contribution < 1.29 is 29.3 Å². The molecule has 17 heavy (non-hydrogen) atoms. The molecule has 1 amide bonds. The van der Waals surface area contributed by atoms with Crippen molar-refractivity contribution in [3.8, 4) is 0 Å². The summed E-state index contributed by atoms with van der Waals surface area (Å²) in [5, 5.41) is 12.4. The Bertz CT molecular complexity index is 317. The van der Waals surface area contributed by atoms with Crippen LogP contribution in [0.1, 0.15) is 6.92 Å². The molecule has 0 aliphatic heterocycles. The number of carboxylic acid groups (broad SMARTS) is 1. The largest absolute Gasteiger partial charge is 0.508 e. The molecule has 5 N–H and O–H groups in total. The van der Waals surface area contributed by atoms with E-state index in [2.05, 4.69) is 10.1 Å². The first kappa shape index (κ1) is 15.0. The van der Waals surface area contributed by atoms with E-state index in [0.29, 0.717) is 0 Å². The second-order valence-electron chi connectivity index (χ2n) is 3.21. The van der Waals surface area contributed by atoms with Crippen LogP contribution in [0.5, 0.6) is 0 Å². The predicted octanol–water partition coefficient (Wildman–Crippen LogP) is -3.45. The SMILES string of the molecule is CC(N)C(=O)NC(COC(=O)C[NH+]=[N-])C(=O)O. The lowest BCUT2D eigenvalue weighted by molar-refractivity contribution is -0.470. The highest BCUT2D eigenvalue weighted by atomic mass is 16.5. The van der Waals surface area contributed by atoms with E-state index < -0.39 is 43.1 Å². The van der Waals surface area contributed by atoms with E-state index in [1.54, 1.807) is 5.11 Å². The third kappa shape index (κ3) is 6.20. The Labute approximate surface area is 96.8 Å². The van der Waals surface area contributed by atoms with Gasteiger partial charge in [-0.1, -0.05) is 0 Å². The predicted molar refractivity (Wildman–Crippen MR) is 53.4 cm³/mol. The Morgan fingerprint density at radius 3 is 2.53 bits per heavy atom. The molecule has 9 nitrogen and oxygen atoms in total. The molecule has 2 unspecified atom stereocenters. The number of amides is 1. The van der Waals surface area contributed by atoms with E-state index in [1.165, 1.54) is 6.92 Å². The first-order valence-corrected chi connectivity index (χ1v) is 4.69. The van der Waals surface area contributed by atoms with Gasteiger partial charge in [0.25, 0.3) is 0 Å². The molecule has 96 valence electrons. The maximum Gasteiger partial charge on any atom is 0.371 e. The van der Waals surface area contributed by atoms with Crippen LogP contribution in [0.25, 0.3) is 5.53 Å². The molecular formula is C8H14N4O5. The van der Waals surface area contributed by atoms with Crippen LogP contribution in [0.15, 0.2) is 0 Å². The van der Waals surface area contributed by atoms with Gasteiger partial charge in [0.1, 0.15) is 6.61 Å². The lowest BCUT2D eigenvalue weighted by Gasteiger charge is -2.15. The fraction of sp³-hybridized carbons (Fsp3) is 0.625. The highest BCUT2D eigenvalue weighted by molar-refractivity contribution is 5.86. The lowest BCUT2D eigenvalue weighted by atomic mass is 10.2. The number of nitrogens with two attached hydrogens (primary N) is 1. The molecule has 0 aliphatic carbocycles. The van der Waals surface area contributed by atoms with Gasteiger partial charge in [-0.05, 0) is 6.92 Å². The molecule has 0 saturated carbocycles. The maximum absolute atomic E-state index is 11.1. The molecule has 2 atom stereocenters. The molecule has 9 heteroatoms. The van der Waals surface area contributed by atoms with Crippen LogP contribution in [0.2, 0.25) is 0 Å². The van der Waals surface area contributed by atoms with Crippen molar-refractivity contribution >= 4 is 17.8 Å². The highest BCUT2D eigenvalue weighted by Gasteiger charge is 2.23. The average Bonchev–Trinajstić information content (AvgIpc) is 2.23. The number of carbonyl (C=O) groups excluding carboxylic acids is 2. The quantitative estimate of drug-likeness (QED) is 0.270. The smallest absolute Gasteiger partial charge is 0.371 e. The van der Waals surface area contributed by atoms with Crippen LogP contribution in [-0.2, 0) is 19.1 Å². The molecule has 0 rings (SSSR count). The second-order valence-corrected chi connectivity index (χ2v) is 3.21. The average molecular weight is 246 g/mol. The fourth-order valence-electron chi connectivity index (χ4n) is 0.770. The first-order chi connectivity index (χ1) is 7.88. The lowest BCUT2D eigenvalue weighted by Crippen LogP contribution is -2.66. The van der Waals surface area contributed by atoms with Crippen molar-refractivity contribution in [3.05, 3.63) is 5.53 Å². The Hall–Kier alpha value is -2.03. The number of carboxylic acids is 1. The molecule has 0 aromatic rings. The molecule has 0 aliphatic rings. The van der Waals surface area contributed by atoms with Gasteiger partial charge in [0, 0.05) is 0 Å². The van der Waals surface area contributed by atoms with E-state index in [9.17, 15) is 14.4 Å². The van der Waals surface area contributed by atoms with E-state index >= 15 is 0 Å². The number of aliphatic carboxylic acids is 1. The highest BCUT2D eigenvalue weighted by Crippen LogP contribution is 1.89. The number of hydrogen-bond acceptors (Lipinski definition) is 5. The number of ether oxygens (including phenoxy) is 1. The monoisotopic (exact) mass is 246 g/mol. The summed E-state index contributed by atoms with van der Waals surface area (Å²) < 4.78 is 4.49. The zero-order valence-electron chi connectivity index (χ0n) is 9.17. The first-order valence-electron chi connectivity index (χ1n) is 4.69. The fourth-order valence-corrected chi connectivity index (χ4v) is 0.770. The minimum Gasteiger partial charge on any atom is -0.508 e. The summed E-state index contributed by atoms with van der Waals surface area (Å²) in [7, 11) is 0. The number of hydrogen-bond donors (Lipinski definition) is 4. The van der Waals surface area contributed by atoms with Crippen LogP contribution >= 0.6 is 0 Å². The summed E-state index contributed by atoms with van der Waals surface area (Å²) in [6.07, 6.45) is 0. The summed E-state index contributed by atoms with van der Waals surface area (Å²) >= 11 is 0. The molecule has 0 aromatic carbocycles. The van der Waals surface area contributed by atoms with Gasteiger partial charge < -0.3 is 31.5 Å². The Balaban J connectivity index is 4.26. The van der Waals surface area contributed by atoms with Gasteiger partial charge in [0.2, 0.25) is 12.5 Å². The Morgan fingerprint density at radius 1 is 1.53 bits per heavy atom. The minimum atomic E-state index is -1.38. The number of nitrogens with zero attached hydrogens (tertiary/aromatic N) is 1. The summed E-state index contributed by atoms with van der Waals surface area (Å²) in [4.78, 5) is 32.7. The molecule has 0 fully saturated rings. The van der Waals surface area contributed by atoms with Gasteiger partial charge in [0.05, 0.1) is 6.04 Å². The zero-order chi connectivity index (χ0) is 13.4. The van der Waals surface area contributed by atoms with Crippen molar-refractivity contribution in [1.29, 1.82) is 0 Å². The second kappa shape index (κ2) is 7.28.